The molecule has 7 nitrogen and oxygen atoms in total. The lowest BCUT2D eigenvalue weighted by Crippen LogP contribution is -2.29. The van der Waals surface area contributed by atoms with E-state index in [1.807, 2.05) is 41.8 Å². The number of anilines is 1. The van der Waals surface area contributed by atoms with Gasteiger partial charge in [-0.05, 0) is 32.0 Å². The topological polar surface area (TPSA) is 84.8 Å². The second kappa shape index (κ2) is 5.52. The van der Waals surface area contributed by atoms with Crippen LogP contribution in [0, 0.1) is 0 Å². The van der Waals surface area contributed by atoms with Crippen LogP contribution in [-0.4, -0.2) is 32.3 Å². The highest BCUT2D eigenvalue weighted by atomic mass is 16.5. The Balaban J connectivity index is 1.97. The van der Waals surface area contributed by atoms with Gasteiger partial charge in [-0.1, -0.05) is 12.1 Å². The zero-order chi connectivity index (χ0) is 16.7. The fraction of sp³-hybridized carbons (Fsp3) is 0.235. The number of rotatable bonds is 3. The van der Waals surface area contributed by atoms with Gasteiger partial charge in [0, 0.05) is 11.9 Å². The van der Waals surface area contributed by atoms with E-state index < -0.39 is 0 Å². The molecule has 0 spiro atoms. The van der Waals surface area contributed by atoms with Crippen LogP contribution in [0.4, 0.5) is 5.95 Å². The van der Waals surface area contributed by atoms with Crippen LogP contribution in [0.5, 0.6) is 0 Å². The van der Waals surface area contributed by atoms with Crippen molar-refractivity contribution < 1.29 is 9.53 Å². The molecule has 24 heavy (non-hydrogen) atoms. The lowest BCUT2D eigenvalue weighted by molar-refractivity contribution is -0.139. The standard InChI is InChI=1S/C17H17N5O2/c1-3-24-16(23)14-10(2)19-17-20-11-6-4-5-7-13(11)22(17)15(14)12-8-9-18-21-12/h4-9,15H,3H2,1-2H3,(H,18,21)(H,19,20). The Kier molecular flexibility index (Phi) is 3.34. The fourth-order valence-corrected chi connectivity index (χ4v) is 3.15. The number of ether oxygens (including phenoxy) is 1. The molecule has 0 bridgehead atoms. The molecule has 1 atom stereocenters. The number of fused-ring (bicyclic) bond motifs is 3. The highest BCUT2D eigenvalue weighted by molar-refractivity contribution is 5.93. The minimum absolute atomic E-state index is 0.322. The minimum atomic E-state index is -0.366. The molecule has 1 aliphatic heterocycles. The number of aromatic amines is 1. The number of imidazole rings is 1. The van der Waals surface area contributed by atoms with Crippen molar-refractivity contribution in [2.45, 2.75) is 19.9 Å². The van der Waals surface area contributed by atoms with Gasteiger partial charge in [-0.15, -0.1) is 0 Å². The smallest absolute Gasteiger partial charge is 0.338 e. The second-order valence-corrected chi connectivity index (χ2v) is 5.59. The van der Waals surface area contributed by atoms with Gasteiger partial charge in [0.1, 0.15) is 6.04 Å². The number of hydrogen-bond acceptors (Lipinski definition) is 5. The predicted molar refractivity (Wildman–Crippen MR) is 89.4 cm³/mol. The number of benzene rings is 1. The molecule has 7 heteroatoms. The molecule has 3 heterocycles. The molecule has 122 valence electrons. The molecule has 1 aliphatic rings. The van der Waals surface area contributed by atoms with E-state index in [2.05, 4.69) is 20.5 Å². The maximum absolute atomic E-state index is 12.6. The summed E-state index contributed by atoms with van der Waals surface area (Å²) in [5.74, 6) is 0.354. The Morgan fingerprint density at radius 2 is 2.17 bits per heavy atom. The molecule has 2 N–H and O–H groups in total. The molecule has 0 saturated heterocycles. The highest BCUT2D eigenvalue weighted by Crippen LogP contribution is 2.38. The van der Waals surface area contributed by atoms with Crippen molar-refractivity contribution in [1.29, 1.82) is 0 Å². The Labute approximate surface area is 138 Å². The van der Waals surface area contributed by atoms with Crippen molar-refractivity contribution >= 4 is 23.0 Å². The van der Waals surface area contributed by atoms with Crippen LogP contribution < -0.4 is 5.32 Å². The number of hydrogen-bond donors (Lipinski definition) is 2. The van der Waals surface area contributed by atoms with E-state index >= 15 is 0 Å². The van der Waals surface area contributed by atoms with Crippen molar-refractivity contribution in [2.75, 3.05) is 11.9 Å². The predicted octanol–water partition coefficient (Wildman–Crippen LogP) is 2.61. The first-order valence-corrected chi connectivity index (χ1v) is 7.82. The maximum Gasteiger partial charge on any atom is 0.338 e. The Bertz CT molecular complexity index is 939. The summed E-state index contributed by atoms with van der Waals surface area (Å²) < 4.78 is 7.28. The van der Waals surface area contributed by atoms with Gasteiger partial charge in [-0.2, -0.15) is 5.10 Å². The van der Waals surface area contributed by atoms with Crippen LogP contribution in [-0.2, 0) is 9.53 Å². The number of carbonyl (C=O) groups excluding carboxylic acids is 1. The molecule has 0 aliphatic carbocycles. The summed E-state index contributed by atoms with van der Waals surface area (Å²) in [7, 11) is 0. The van der Waals surface area contributed by atoms with Crippen molar-refractivity contribution in [3.8, 4) is 0 Å². The number of nitrogens with one attached hydrogen (secondary N) is 2. The first-order chi connectivity index (χ1) is 11.7. The molecule has 0 saturated carbocycles. The molecule has 0 amide bonds. The number of aromatic nitrogens is 4. The molecule has 1 aromatic carbocycles. The van der Waals surface area contributed by atoms with Gasteiger partial charge in [0.05, 0.1) is 28.9 Å². The lowest BCUT2D eigenvalue weighted by atomic mass is 9.99. The minimum Gasteiger partial charge on any atom is -0.463 e. The van der Waals surface area contributed by atoms with Crippen molar-refractivity contribution in [3.63, 3.8) is 0 Å². The van der Waals surface area contributed by atoms with Crippen LogP contribution >= 0.6 is 0 Å². The second-order valence-electron chi connectivity index (χ2n) is 5.59. The van der Waals surface area contributed by atoms with Gasteiger partial charge in [0.25, 0.3) is 0 Å². The zero-order valence-corrected chi connectivity index (χ0v) is 13.4. The van der Waals surface area contributed by atoms with Crippen LogP contribution in [0.2, 0.25) is 0 Å². The molecule has 1 unspecified atom stereocenters. The summed E-state index contributed by atoms with van der Waals surface area (Å²) in [4.78, 5) is 17.2. The largest absolute Gasteiger partial charge is 0.463 e. The van der Waals surface area contributed by atoms with Gasteiger partial charge < -0.3 is 10.1 Å². The van der Waals surface area contributed by atoms with E-state index in [1.54, 1.807) is 13.1 Å². The first kappa shape index (κ1) is 14.5. The Hall–Kier alpha value is -3.09. The van der Waals surface area contributed by atoms with Gasteiger partial charge >= 0.3 is 5.97 Å². The van der Waals surface area contributed by atoms with E-state index in [4.69, 9.17) is 4.74 Å². The van der Waals surface area contributed by atoms with E-state index in [-0.39, 0.29) is 12.0 Å². The summed E-state index contributed by atoms with van der Waals surface area (Å²) in [5, 5.41) is 10.3. The van der Waals surface area contributed by atoms with Gasteiger partial charge in [-0.25, -0.2) is 9.78 Å². The summed E-state index contributed by atoms with van der Waals surface area (Å²) in [6.07, 6.45) is 1.67. The van der Waals surface area contributed by atoms with Crippen LogP contribution in [0.1, 0.15) is 25.6 Å². The molecule has 0 fully saturated rings. The van der Waals surface area contributed by atoms with Gasteiger partial charge in [0.15, 0.2) is 0 Å². The number of para-hydroxylation sites is 2. The van der Waals surface area contributed by atoms with Gasteiger partial charge in [-0.3, -0.25) is 9.67 Å². The van der Waals surface area contributed by atoms with E-state index in [1.165, 1.54) is 0 Å². The SMILES string of the molecule is CCOC(=O)C1=C(C)Nc2nc3ccccc3n2C1c1ccn[nH]1. The summed E-state index contributed by atoms with van der Waals surface area (Å²) in [6.45, 7) is 3.98. The molecule has 3 aromatic rings. The number of carbonyl (C=O) groups is 1. The third-order valence-electron chi connectivity index (χ3n) is 4.14. The maximum atomic E-state index is 12.6. The van der Waals surface area contributed by atoms with Crippen LogP contribution in [0.3, 0.4) is 0 Å². The van der Waals surface area contributed by atoms with E-state index in [0.29, 0.717) is 18.1 Å². The normalized spacial score (nSPS) is 16.8. The monoisotopic (exact) mass is 323 g/mol. The third kappa shape index (κ3) is 2.09. The zero-order valence-electron chi connectivity index (χ0n) is 13.4. The van der Waals surface area contributed by atoms with Crippen LogP contribution in [0.25, 0.3) is 11.0 Å². The molecule has 2 aromatic heterocycles. The van der Waals surface area contributed by atoms with Crippen molar-refractivity contribution in [2.24, 2.45) is 0 Å². The van der Waals surface area contributed by atoms with Gasteiger partial charge in [0.2, 0.25) is 5.95 Å². The molecule has 0 radical (unpaired) electrons. The number of H-pyrrole nitrogens is 1. The summed E-state index contributed by atoms with van der Waals surface area (Å²) >= 11 is 0. The molecule has 4 rings (SSSR count). The lowest BCUT2D eigenvalue weighted by Gasteiger charge is -2.29. The summed E-state index contributed by atoms with van der Waals surface area (Å²) in [5.41, 5.74) is 3.90. The van der Waals surface area contributed by atoms with Crippen molar-refractivity contribution in [3.05, 3.63) is 53.5 Å². The average Bonchev–Trinajstić information content (AvgIpc) is 3.21. The van der Waals surface area contributed by atoms with Crippen molar-refractivity contribution in [1.82, 2.24) is 19.7 Å². The molecular weight excluding hydrogens is 306 g/mol. The average molecular weight is 323 g/mol. The number of nitrogens with zero attached hydrogens (tertiary/aromatic N) is 3. The van der Waals surface area contributed by atoms with E-state index in [9.17, 15) is 4.79 Å². The number of allylic oxidation sites excluding steroid dienone is 1. The fourth-order valence-electron chi connectivity index (χ4n) is 3.15. The Morgan fingerprint density at radius 3 is 2.92 bits per heavy atom. The first-order valence-electron chi connectivity index (χ1n) is 7.82. The third-order valence-corrected chi connectivity index (χ3v) is 4.14. The Morgan fingerprint density at radius 1 is 1.33 bits per heavy atom. The summed E-state index contributed by atoms with van der Waals surface area (Å²) in [6, 6.07) is 9.33. The number of esters is 1. The highest BCUT2D eigenvalue weighted by Gasteiger charge is 2.35. The van der Waals surface area contributed by atoms with Crippen LogP contribution in [0.15, 0.2) is 47.8 Å². The van der Waals surface area contributed by atoms with E-state index in [0.717, 1.165) is 22.4 Å². The quantitative estimate of drug-likeness (QED) is 0.724. The molecular formula is C17H17N5O2.